The molecule has 1 rings (SSSR count). The van der Waals surface area contributed by atoms with Crippen LogP contribution in [0.15, 0.2) is 6.07 Å². The fourth-order valence-corrected chi connectivity index (χ4v) is 0.942. The molecule has 78 valence electrons. The molecule has 0 radical (unpaired) electrons. The second-order valence-electron chi connectivity index (χ2n) is 3.00. The molecule has 5 nitrogen and oxygen atoms in total. The molecule has 1 atom stereocenters. The first-order valence-corrected chi connectivity index (χ1v) is 4.55. The molecular weight excluding hydrogens is 182 g/mol. The van der Waals surface area contributed by atoms with Crippen molar-refractivity contribution in [3.8, 4) is 0 Å². The number of anilines is 1. The maximum absolute atomic E-state index is 11.4. The zero-order valence-corrected chi connectivity index (χ0v) is 8.63. The summed E-state index contributed by atoms with van der Waals surface area (Å²) in [4.78, 5) is 11.4. The molecule has 1 unspecified atom stereocenters. The Balaban J connectivity index is 2.56. The zero-order valence-electron chi connectivity index (χ0n) is 8.63. The Morgan fingerprint density at radius 2 is 2.50 bits per heavy atom. The van der Waals surface area contributed by atoms with Gasteiger partial charge in [0, 0.05) is 18.9 Å². The monoisotopic (exact) mass is 197 g/mol. The van der Waals surface area contributed by atoms with Crippen LogP contribution in [0.4, 0.5) is 5.82 Å². The van der Waals surface area contributed by atoms with Crippen LogP contribution in [-0.2, 0) is 16.0 Å². The molecule has 14 heavy (non-hydrogen) atoms. The van der Waals surface area contributed by atoms with Gasteiger partial charge in [0.25, 0.3) is 5.91 Å². The highest BCUT2D eigenvalue weighted by Crippen LogP contribution is 2.06. The molecule has 2 N–H and O–H groups in total. The lowest BCUT2D eigenvalue weighted by Gasteiger charge is -2.07. The second kappa shape index (κ2) is 4.76. The van der Waals surface area contributed by atoms with E-state index in [9.17, 15) is 4.79 Å². The molecule has 0 saturated carbocycles. The molecule has 0 bridgehead atoms. The van der Waals surface area contributed by atoms with Crippen LogP contribution in [0.5, 0.6) is 0 Å². The predicted molar refractivity (Wildman–Crippen MR) is 53.1 cm³/mol. The summed E-state index contributed by atoms with van der Waals surface area (Å²) in [6.45, 7) is 3.69. The number of hydrogen-bond acceptors (Lipinski definition) is 3. The molecule has 1 aromatic rings. The van der Waals surface area contributed by atoms with Gasteiger partial charge in [-0.25, -0.2) is 0 Å². The average molecular weight is 197 g/mol. The number of aromatic amines is 1. The summed E-state index contributed by atoms with van der Waals surface area (Å²) in [5, 5.41) is 9.38. The summed E-state index contributed by atoms with van der Waals surface area (Å²) in [6.07, 6.45) is 0.402. The van der Waals surface area contributed by atoms with Gasteiger partial charge in [0.2, 0.25) is 0 Å². The number of rotatable bonds is 4. The zero-order chi connectivity index (χ0) is 10.6. The Kier molecular flexibility index (Phi) is 3.64. The normalized spacial score (nSPS) is 12.5. The molecule has 0 fully saturated rings. The van der Waals surface area contributed by atoms with Crippen molar-refractivity contribution in [3.63, 3.8) is 0 Å². The Hall–Kier alpha value is -1.36. The van der Waals surface area contributed by atoms with E-state index in [1.807, 2.05) is 6.92 Å². The van der Waals surface area contributed by atoms with E-state index in [1.165, 1.54) is 7.11 Å². The number of ether oxygens (including phenoxy) is 1. The van der Waals surface area contributed by atoms with Crippen molar-refractivity contribution in [2.24, 2.45) is 0 Å². The van der Waals surface area contributed by atoms with E-state index in [0.717, 1.165) is 12.1 Å². The van der Waals surface area contributed by atoms with E-state index in [-0.39, 0.29) is 5.91 Å². The number of aryl methyl sites for hydroxylation is 1. The third-order valence-corrected chi connectivity index (χ3v) is 1.99. The predicted octanol–water partition coefficient (Wildman–Crippen LogP) is 0.945. The van der Waals surface area contributed by atoms with Crippen LogP contribution < -0.4 is 5.32 Å². The molecule has 0 aliphatic rings. The molecule has 0 aliphatic carbocycles. The van der Waals surface area contributed by atoms with Gasteiger partial charge < -0.3 is 10.1 Å². The molecule has 5 heteroatoms. The van der Waals surface area contributed by atoms with E-state index >= 15 is 0 Å². The molecule has 0 aliphatic heterocycles. The van der Waals surface area contributed by atoms with Crippen molar-refractivity contribution in [2.75, 3.05) is 12.4 Å². The Bertz CT molecular complexity index is 309. The fourth-order valence-electron chi connectivity index (χ4n) is 0.942. The SMILES string of the molecule is CCc1cc(NC(=O)C(C)OC)n[nH]1. The Labute approximate surface area is 82.8 Å². The van der Waals surface area contributed by atoms with Crippen molar-refractivity contribution in [1.82, 2.24) is 10.2 Å². The van der Waals surface area contributed by atoms with Crippen LogP contribution in [-0.4, -0.2) is 29.3 Å². The van der Waals surface area contributed by atoms with Gasteiger partial charge in [-0.1, -0.05) is 6.92 Å². The number of amides is 1. The number of nitrogens with zero attached hydrogens (tertiary/aromatic N) is 1. The lowest BCUT2D eigenvalue weighted by molar-refractivity contribution is -0.124. The minimum absolute atomic E-state index is 0.193. The smallest absolute Gasteiger partial charge is 0.254 e. The number of carbonyl (C=O) groups excluding carboxylic acids is 1. The van der Waals surface area contributed by atoms with Gasteiger partial charge in [0.05, 0.1) is 0 Å². The van der Waals surface area contributed by atoms with Crippen LogP contribution in [0.1, 0.15) is 19.5 Å². The minimum Gasteiger partial charge on any atom is -0.372 e. The average Bonchev–Trinajstić information content (AvgIpc) is 2.64. The van der Waals surface area contributed by atoms with Gasteiger partial charge in [-0.3, -0.25) is 9.89 Å². The van der Waals surface area contributed by atoms with E-state index in [4.69, 9.17) is 4.74 Å². The summed E-state index contributed by atoms with van der Waals surface area (Å²) >= 11 is 0. The number of hydrogen-bond donors (Lipinski definition) is 2. The fraction of sp³-hybridized carbons (Fsp3) is 0.556. The molecule has 1 heterocycles. The summed E-state index contributed by atoms with van der Waals surface area (Å²) < 4.78 is 4.87. The van der Waals surface area contributed by atoms with E-state index in [1.54, 1.807) is 13.0 Å². The van der Waals surface area contributed by atoms with Crippen LogP contribution in [0.2, 0.25) is 0 Å². The van der Waals surface area contributed by atoms with Crippen LogP contribution >= 0.6 is 0 Å². The Morgan fingerprint density at radius 3 is 3.00 bits per heavy atom. The van der Waals surface area contributed by atoms with E-state index < -0.39 is 6.10 Å². The molecule has 1 amide bonds. The third kappa shape index (κ3) is 2.56. The number of carbonyl (C=O) groups is 1. The van der Waals surface area contributed by atoms with E-state index in [0.29, 0.717) is 5.82 Å². The summed E-state index contributed by atoms with van der Waals surface area (Å²) in [5.41, 5.74) is 0.991. The number of H-pyrrole nitrogens is 1. The van der Waals surface area contributed by atoms with Crippen molar-refractivity contribution >= 4 is 11.7 Å². The lowest BCUT2D eigenvalue weighted by Crippen LogP contribution is -2.26. The second-order valence-corrected chi connectivity index (χ2v) is 3.00. The Morgan fingerprint density at radius 1 is 1.79 bits per heavy atom. The van der Waals surface area contributed by atoms with Gasteiger partial charge in [-0.15, -0.1) is 0 Å². The number of nitrogens with one attached hydrogen (secondary N) is 2. The van der Waals surface area contributed by atoms with Gasteiger partial charge in [-0.2, -0.15) is 5.10 Å². The third-order valence-electron chi connectivity index (χ3n) is 1.99. The standard InChI is InChI=1S/C9H15N3O2/c1-4-7-5-8(12-11-7)10-9(13)6(2)14-3/h5-6H,4H2,1-3H3,(H2,10,11,12,13). The van der Waals surface area contributed by atoms with Gasteiger partial charge in [0.1, 0.15) is 6.10 Å². The number of aromatic nitrogens is 2. The minimum atomic E-state index is -0.461. The van der Waals surface area contributed by atoms with Crippen LogP contribution in [0.3, 0.4) is 0 Å². The first-order chi connectivity index (χ1) is 6.67. The highest BCUT2D eigenvalue weighted by atomic mass is 16.5. The molecular formula is C9H15N3O2. The summed E-state index contributed by atoms with van der Waals surface area (Å²) in [6, 6.07) is 1.81. The highest BCUT2D eigenvalue weighted by Gasteiger charge is 2.12. The van der Waals surface area contributed by atoms with Crippen molar-refractivity contribution in [2.45, 2.75) is 26.4 Å². The topological polar surface area (TPSA) is 67.0 Å². The van der Waals surface area contributed by atoms with Gasteiger partial charge >= 0.3 is 0 Å². The summed E-state index contributed by atoms with van der Waals surface area (Å²) in [5.74, 6) is 0.345. The maximum atomic E-state index is 11.4. The molecule has 0 saturated heterocycles. The molecule has 0 spiro atoms. The van der Waals surface area contributed by atoms with Gasteiger partial charge in [0.15, 0.2) is 5.82 Å². The maximum Gasteiger partial charge on any atom is 0.254 e. The largest absolute Gasteiger partial charge is 0.372 e. The van der Waals surface area contributed by atoms with E-state index in [2.05, 4.69) is 15.5 Å². The van der Waals surface area contributed by atoms with Crippen molar-refractivity contribution < 1.29 is 9.53 Å². The van der Waals surface area contributed by atoms with Crippen molar-refractivity contribution in [1.29, 1.82) is 0 Å². The highest BCUT2D eigenvalue weighted by molar-refractivity contribution is 5.93. The number of methoxy groups -OCH3 is 1. The first kappa shape index (κ1) is 10.7. The van der Waals surface area contributed by atoms with Crippen LogP contribution in [0.25, 0.3) is 0 Å². The lowest BCUT2D eigenvalue weighted by atomic mass is 10.3. The van der Waals surface area contributed by atoms with Crippen molar-refractivity contribution in [3.05, 3.63) is 11.8 Å². The molecule has 1 aromatic heterocycles. The first-order valence-electron chi connectivity index (χ1n) is 4.55. The molecule has 0 aromatic carbocycles. The van der Waals surface area contributed by atoms with Gasteiger partial charge in [-0.05, 0) is 13.3 Å². The quantitative estimate of drug-likeness (QED) is 0.755. The summed E-state index contributed by atoms with van der Waals surface area (Å²) in [7, 11) is 1.49. The van der Waals surface area contributed by atoms with Crippen LogP contribution in [0, 0.1) is 0 Å².